The van der Waals surface area contributed by atoms with Crippen molar-refractivity contribution in [2.75, 3.05) is 5.32 Å². The normalized spacial score (nSPS) is 11.2. The van der Waals surface area contributed by atoms with Gasteiger partial charge in [0.05, 0.1) is 17.8 Å². The minimum absolute atomic E-state index is 0.0742. The van der Waals surface area contributed by atoms with Gasteiger partial charge in [-0.25, -0.2) is 0 Å². The molecule has 0 unspecified atom stereocenters. The molecule has 1 heterocycles. The number of carbonyl (C=O) groups is 2. The molecule has 0 aromatic carbocycles. The highest BCUT2D eigenvalue weighted by Crippen LogP contribution is 2.14. The summed E-state index contributed by atoms with van der Waals surface area (Å²) in [5.41, 5.74) is 1.01. The average molecular weight is 281 g/mol. The molecule has 1 N–H and O–H groups in total. The van der Waals surface area contributed by atoms with Crippen molar-refractivity contribution < 1.29 is 14.3 Å². The molecular weight excluding hydrogens is 258 g/mol. The molecule has 1 aromatic heterocycles. The van der Waals surface area contributed by atoms with Crippen LogP contribution in [-0.2, 0) is 27.8 Å². The van der Waals surface area contributed by atoms with Crippen LogP contribution in [0.25, 0.3) is 0 Å². The molecule has 20 heavy (non-hydrogen) atoms. The van der Waals surface area contributed by atoms with Gasteiger partial charge in [-0.15, -0.1) is 0 Å². The van der Waals surface area contributed by atoms with Crippen LogP contribution in [0, 0.1) is 0 Å². The average Bonchev–Trinajstić information content (AvgIpc) is 2.64. The molecule has 1 rings (SSSR count). The molecule has 0 saturated carbocycles. The lowest BCUT2D eigenvalue weighted by Crippen LogP contribution is -2.24. The summed E-state index contributed by atoms with van der Waals surface area (Å²) in [4.78, 5) is 23.3. The highest BCUT2D eigenvalue weighted by Gasteiger charge is 2.17. The molecule has 0 aliphatic rings. The molecule has 6 nitrogen and oxygen atoms in total. The summed E-state index contributed by atoms with van der Waals surface area (Å²) in [6.45, 7) is 7.37. The number of carbonyl (C=O) groups excluding carboxylic acids is 2. The maximum Gasteiger partial charge on any atom is 0.306 e. The van der Waals surface area contributed by atoms with E-state index in [1.165, 1.54) is 0 Å². The monoisotopic (exact) mass is 281 g/mol. The Morgan fingerprint density at radius 3 is 2.55 bits per heavy atom. The van der Waals surface area contributed by atoms with Crippen molar-refractivity contribution in [1.29, 1.82) is 0 Å². The molecule has 1 aromatic rings. The van der Waals surface area contributed by atoms with Crippen LogP contribution in [0.1, 0.15) is 46.2 Å². The number of anilines is 1. The Morgan fingerprint density at radius 2 is 2.00 bits per heavy atom. The van der Waals surface area contributed by atoms with E-state index in [2.05, 4.69) is 10.4 Å². The van der Waals surface area contributed by atoms with E-state index in [0.717, 1.165) is 12.1 Å². The molecule has 0 spiro atoms. The van der Waals surface area contributed by atoms with Crippen molar-refractivity contribution in [3.63, 3.8) is 0 Å². The Hall–Kier alpha value is -1.85. The number of rotatable bonds is 5. The van der Waals surface area contributed by atoms with E-state index in [1.54, 1.807) is 38.7 Å². The topological polar surface area (TPSA) is 73.2 Å². The highest BCUT2D eigenvalue weighted by molar-refractivity contribution is 5.93. The molecule has 1 amide bonds. The summed E-state index contributed by atoms with van der Waals surface area (Å²) >= 11 is 0. The number of aromatic nitrogens is 2. The maximum absolute atomic E-state index is 11.8. The van der Waals surface area contributed by atoms with Crippen LogP contribution < -0.4 is 5.32 Å². The molecule has 6 heteroatoms. The summed E-state index contributed by atoms with van der Waals surface area (Å²) in [6, 6.07) is 0. The molecule has 0 bridgehead atoms. The van der Waals surface area contributed by atoms with Crippen LogP contribution in [-0.4, -0.2) is 27.3 Å². The Morgan fingerprint density at radius 1 is 1.35 bits per heavy atom. The predicted octanol–water partition coefficient (Wildman–Crippen LogP) is 2.04. The molecule has 112 valence electrons. The van der Waals surface area contributed by atoms with Gasteiger partial charge in [-0.05, 0) is 27.2 Å². The summed E-state index contributed by atoms with van der Waals surface area (Å²) in [7, 11) is 1.80. The number of amides is 1. The van der Waals surface area contributed by atoms with E-state index in [0.29, 0.717) is 5.69 Å². The maximum atomic E-state index is 11.8. The van der Waals surface area contributed by atoms with Crippen molar-refractivity contribution in [3.8, 4) is 0 Å². The minimum atomic E-state index is -0.522. The zero-order valence-electron chi connectivity index (χ0n) is 12.8. The molecule has 0 fully saturated rings. The summed E-state index contributed by atoms with van der Waals surface area (Å²) < 4.78 is 6.81. The first kappa shape index (κ1) is 16.2. The number of hydrogen-bond donors (Lipinski definition) is 1. The Balaban J connectivity index is 2.46. The van der Waals surface area contributed by atoms with Crippen LogP contribution in [0.4, 0.5) is 5.69 Å². The summed E-state index contributed by atoms with van der Waals surface area (Å²) in [6.07, 6.45) is 2.67. The molecule has 0 saturated heterocycles. The number of nitrogens with zero attached hydrogens (tertiary/aromatic N) is 2. The van der Waals surface area contributed by atoms with Crippen molar-refractivity contribution in [1.82, 2.24) is 9.78 Å². The Bertz CT molecular complexity index is 486. The van der Waals surface area contributed by atoms with Gasteiger partial charge < -0.3 is 10.1 Å². The van der Waals surface area contributed by atoms with Crippen LogP contribution in [0.5, 0.6) is 0 Å². The third-order valence-electron chi connectivity index (χ3n) is 2.49. The second-order valence-corrected chi connectivity index (χ2v) is 5.65. The van der Waals surface area contributed by atoms with Gasteiger partial charge in [-0.2, -0.15) is 5.10 Å². The number of esters is 1. The standard InChI is InChI=1S/C14H23N3O3/c1-6-10-11(9-17(5)16-10)15-12(18)7-8-13(19)20-14(2,3)4/h9H,6-8H2,1-5H3,(H,15,18). The van der Waals surface area contributed by atoms with Gasteiger partial charge in [0.1, 0.15) is 5.60 Å². The fraction of sp³-hybridized carbons (Fsp3) is 0.643. The molecule has 0 radical (unpaired) electrons. The number of ether oxygens (including phenoxy) is 1. The van der Waals surface area contributed by atoms with Gasteiger partial charge in [0.25, 0.3) is 0 Å². The fourth-order valence-corrected chi connectivity index (χ4v) is 1.72. The molecule has 0 aliphatic carbocycles. The predicted molar refractivity (Wildman–Crippen MR) is 76.3 cm³/mol. The number of aryl methyl sites for hydroxylation is 2. The zero-order chi connectivity index (χ0) is 15.3. The largest absolute Gasteiger partial charge is 0.460 e. The van der Waals surface area contributed by atoms with Crippen LogP contribution >= 0.6 is 0 Å². The Kier molecular flexibility index (Phi) is 5.30. The van der Waals surface area contributed by atoms with E-state index in [1.807, 2.05) is 6.92 Å². The first-order chi connectivity index (χ1) is 9.21. The van der Waals surface area contributed by atoms with E-state index >= 15 is 0 Å². The van der Waals surface area contributed by atoms with Crippen molar-refractivity contribution >= 4 is 17.6 Å². The smallest absolute Gasteiger partial charge is 0.306 e. The fourth-order valence-electron chi connectivity index (χ4n) is 1.72. The van der Waals surface area contributed by atoms with Crippen molar-refractivity contribution in [2.24, 2.45) is 7.05 Å². The van der Waals surface area contributed by atoms with Crippen molar-refractivity contribution in [3.05, 3.63) is 11.9 Å². The van der Waals surface area contributed by atoms with Crippen LogP contribution in [0.3, 0.4) is 0 Å². The minimum Gasteiger partial charge on any atom is -0.460 e. The third kappa shape index (κ3) is 5.42. The highest BCUT2D eigenvalue weighted by atomic mass is 16.6. The van der Waals surface area contributed by atoms with E-state index in [4.69, 9.17) is 4.74 Å². The zero-order valence-corrected chi connectivity index (χ0v) is 12.8. The quantitative estimate of drug-likeness (QED) is 0.838. The van der Waals surface area contributed by atoms with Crippen LogP contribution in [0.2, 0.25) is 0 Å². The molecule has 0 atom stereocenters. The second kappa shape index (κ2) is 6.54. The van der Waals surface area contributed by atoms with Gasteiger partial charge >= 0.3 is 5.97 Å². The summed E-state index contributed by atoms with van der Waals surface area (Å²) in [5, 5.41) is 7.01. The summed E-state index contributed by atoms with van der Waals surface area (Å²) in [5.74, 6) is -0.576. The van der Waals surface area contributed by atoms with Crippen LogP contribution in [0.15, 0.2) is 6.20 Å². The van der Waals surface area contributed by atoms with Crippen molar-refractivity contribution in [2.45, 2.75) is 52.6 Å². The lowest BCUT2D eigenvalue weighted by Gasteiger charge is -2.19. The third-order valence-corrected chi connectivity index (χ3v) is 2.49. The first-order valence-corrected chi connectivity index (χ1v) is 6.75. The van der Waals surface area contributed by atoms with Gasteiger partial charge in [-0.3, -0.25) is 14.3 Å². The van der Waals surface area contributed by atoms with Gasteiger partial charge in [-0.1, -0.05) is 6.92 Å². The SMILES string of the molecule is CCc1nn(C)cc1NC(=O)CCC(=O)OC(C)(C)C. The van der Waals surface area contributed by atoms with Gasteiger partial charge in [0, 0.05) is 19.7 Å². The van der Waals surface area contributed by atoms with Gasteiger partial charge in [0.15, 0.2) is 0 Å². The Labute approximate surface area is 119 Å². The van der Waals surface area contributed by atoms with E-state index < -0.39 is 5.60 Å². The lowest BCUT2D eigenvalue weighted by molar-refractivity contribution is -0.155. The molecule has 0 aliphatic heterocycles. The van der Waals surface area contributed by atoms with E-state index in [9.17, 15) is 9.59 Å². The molecular formula is C14H23N3O3. The first-order valence-electron chi connectivity index (χ1n) is 6.75. The number of hydrogen-bond acceptors (Lipinski definition) is 4. The lowest BCUT2D eigenvalue weighted by atomic mass is 10.2. The second-order valence-electron chi connectivity index (χ2n) is 5.65. The van der Waals surface area contributed by atoms with E-state index in [-0.39, 0.29) is 24.7 Å². The number of nitrogens with one attached hydrogen (secondary N) is 1. The van der Waals surface area contributed by atoms with Gasteiger partial charge in [0.2, 0.25) is 5.91 Å².